The Kier molecular flexibility index (Phi) is 5.59. The molecule has 154 valence electrons. The molecule has 0 spiro atoms. The first-order valence-corrected chi connectivity index (χ1v) is 12.1. The molecule has 3 heterocycles. The van der Waals surface area contributed by atoms with Gasteiger partial charge in [0.1, 0.15) is 5.01 Å². The van der Waals surface area contributed by atoms with Crippen LogP contribution < -0.4 is 4.90 Å². The molecule has 1 aliphatic heterocycles. The lowest BCUT2D eigenvalue weighted by atomic mass is 10.2. The summed E-state index contributed by atoms with van der Waals surface area (Å²) in [7, 11) is 0. The van der Waals surface area contributed by atoms with Crippen molar-refractivity contribution in [2.75, 3.05) is 11.5 Å². The maximum absolute atomic E-state index is 13.1. The van der Waals surface area contributed by atoms with E-state index in [-0.39, 0.29) is 18.9 Å². The second-order valence-corrected chi connectivity index (χ2v) is 9.61. The second kappa shape index (κ2) is 8.66. The number of para-hydroxylation sites is 2. The van der Waals surface area contributed by atoms with Crippen LogP contribution in [0.4, 0.5) is 11.4 Å². The molecule has 2 aromatic heterocycles. The number of esters is 1. The molecule has 0 saturated heterocycles. The molecule has 0 saturated carbocycles. The minimum atomic E-state index is -0.468. The van der Waals surface area contributed by atoms with E-state index in [1.807, 2.05) is 71.4 Å². The van der Waals surface area contributed by atoms with Gasteiger partial charge in [-0.1, -0.05) is 42.1 Å². The lowest BCUT2D eigenvalue weighted by Gasteiger charge is -2.30. The minimum Gasteiger partial charge on any atom is -0.455 e. The molecular formula is C23H16N2O3S3. The average Bonchev–Trinajstić information content (AvgIpc) is 3.48. The van der Waals surface area contributed by atoms with Gasteiger partial charge in [0.2, 0.25) is 0 Å². The van der Waals surface area contributed by atoms with Crippen LogP contribution in [0.3, 0.4) is 0 Å². The lowest BCUT2D eigenvalue weighted by Crippen LogP contribution is -2.32. The molecule has 5 rings (SSSR count). The molecule has 1 aliphatic rings. The quantitative estimate of drug-likeness (QED) is 0.350. The van der Waals surface area contributed by atoms with Gasteiger partial charge in [-0.15, -0.1) is 22.7 Å². The number of hydrogen-bond donors (Lipinski definition) is 0. The molecule has 0 radical (unpaired) electrons. The summed E-state index contributed by atoms with van der Waals surface area (Å²) in [6, 6.07) is 19.4. The maximum Gasteiger partial charge on any atom is 0.312 e. The van der Waals surface area contributed by atoms with E-state index in [0.717, 1.165) is 31.1 Å². The molecule has 0 atom stereocenters. The molecule has 0 N–H and O–H groups in total. The largest absolute Gasteiger partial charge is 0.455 e. The fourth-order valence-corrected chi connectivity index (χ4v) is 5.97. The number of hydrogen-bond acceptors (Lipinski definition) is 7. The fourth-order valence-electron chi connectivity index (χ4n) is 3.28. The predicted molar refractivity (Wildman–Crippen MR) is 124 cm³/mol. The van der Waals surface area contributed by atoms with E-state index in [2.05, 4.69) is 4.98 Å². The van der Waals surface area contributed by atoms with Gasteiger partial charge in [-0.25, -0.2) is 4.98 Å². The molecule has 0 bridgehead atoms. The van der Waals surface area contributed by atoms with Gasteiger partial charge in [0, 0.05) is 15.2 Å². The Labute approximate surface area is 191 Å². The zero-order chi connectivity index (χ0) is 21.2. The number of fused-ring (bicyclic) bond motifs is 2. The van der Waals surface area contributed by atoms with E-state index < -0.39 is 5.97 Å². The van der Waals surface area contributed by atoms with Gasteiger partial charge in [0.25, 0.3) is 5.91 Å². The number of thiazole rings is 1. The zero-order valence-corrected chi connectivity index (χ0v) is 18.6. The summed E-state index contributed by atoms with van der Waals surface area (Å²) in [5, 5.41) is 4.73. The minimum absolute atomic E-state index is 0.0399. The van der Waals surface area contributed by atoms with Gasteiger partial charge in [-0.05, 0) is 35.7 Å². The first kappa shape index (κ1) is 20.0. The van der Waals surface area contributed by atoms with Crippen molar-refractivity contribution in [2.24, 2.45) is 0 Å². The summed E-state index contributed by atoms with van der Waals surface area (Å²) in [5.74, 6) is -0.754. The summed E-state index contributed by atoms with van der Waals surface area (Å²) in [6.45, 7) is -0.325. The van der Waals surface area contributed by atoms with Gasteiger partial charge >= 0.3 is 5.97 Å². The molecule has 0 fully saturated rings. The van der Waals surface area contributed by atoms with Crippen LogP contribution in [0.15, 0.2) is 81.2 Å². The number of aromatic nitrogens is 1. The molecule has 31 heavy (non-hydrogen) atoms. The van der Waals surface area contributed by atoms with Crippen molar-refractivity contribution in [1.29, 1.82) is 0 Å². The Hall–Kier alpha value is -2.94. The smallest absolute Gasteiger partial charge is 0.312 e. The summed E-state index contributed by atoms with van der Waals surface area (Å²) < 4.78 is 5.32. The average molecular weight is 465 g/mol. The van der Waals surface area contributed by atoms with E-state index in [1.54, 1.807) is 28.0 Å². The van der Waals surface area contributed by atoms with E-state index in [0.29, 0.717) is 5.69 Å². The van der Waals surface area contributed by atoms with E-state index in [4.69, 9.17) is 4.74 Å². The van der Waals surface area contributed by atoms with Crippen molar-refractivity contribution >= 4 is 57.7 Å². The third-order valence-electron chi connectivity index (χ3n) is 4.65. The van der Waals surface area contributed by atoms with Crippen molar-refractivity contribution in [3.63, 3.8) is 0 Å². The SMILES string of the molecule is O=C(Cc1csc(-c2cccs2)n1)OCC(=O)N1c2ccccc2Sc2ccccc21. The van der Waals surface area contributed by atoms with E-state index in [9.17, 15) is 9.59 Å². The van der Waals surface area contributed by atoms with Crippen molar-refractivity contribution < 1.29 is 14.3 Å². The van der Waals surface area contributed by atoms with Gasteiger partial charge in [-0.2, -0.15) is 0 Å². The standard InChI is InChI=1S/C23H16N2O3S3/c26-21(13-28-22(27)12-15-14-30-23(24-15)20-10-5-11-29-20)25-16-6-1-3-8-18(16)31-19-9-4-2-7-17(19)25/h1-11,14H,12-13H2. The first-order chi connectivity index (χ1) is 15.2. The van der Waals surface area contributed by atoms with Gasteiger partial charge < -0.3 is 4.74 Å². The Morgan fingerprint density at radius 1 is 0.903 bits per heavy atom. The normalized spacial score (nSPS) is 12.2. The number of carbonyl (C=O) groups excluding carboxylic acids is 2. The van der Waals surface area contributed by atoms with E-state index in [1.165, 1.54) is 11.3 Å². The zero-order valence-electron chi connectivity index (χ0n) is 16.2. The third-order valence-corrected chi connectivity index (χ3v) is 7.71. The molecule has 1 amide bonds. The van der Waals surface area contributed by atoms with Crippen LogP contribution in [-0.2, 0) is 20.7 Å². The van der Waals surface area contributed by atoms with E-state index >= 15 is 0 Å². The highest BCUT2D eigenvalue weighted by Crippen LogP contribution is 2.47. The van der Waals surface area contributed by atoms with Crippen LogP contribution in [0.1, 0.15) is 5.69 Å². The highest BCUT2D eigenvalue weighted by Gasteiger charge is 2.28. The fraction of sp³-hybridized carbons (Fsp3) is 0.0870. The molecule has 8 heteroatoms. The van der Waals surface area contributed by atoms with Crippen LogP contribution >= 0.6 is 34.4 Å². The Morgan fingerprint density at radius 2 is 1.61 bits per heavy atom. The van der Waals surface area contributed by atoms with Crippen LogP contribution in [0.5, 0.6) is 0 Å². The van der Waals surface area contributed by atoms with Crippen LogP contribution in [0.2, 0.25) is 0 Å². The summed E-state index contributed by atoms with van der Waals surface area (Å²) in [5.41, 5.74) is 2.25. The van der Waals surface area contributed by atoms with Gasteiger partial charge in [0.15, 0.2) is 6.61 Å². The summed E-state index contributed by atoms with van der Waals surface area (Å²) in [4.78, 5) is 34.6. The molecule has 0 aliphatic carbocycles. The third kappa shape index (κ3) is 4.14. The maximum atomic E-state index is 13.1. The molecule has 4 aromatic rings. The molecule has 0 unspecified atom stereocenters. The van der Waals surface area contributed by atoms with Crippen LogP contribution in [0.25, 0.3) is 9.88 Å². The monoisotopic (exact) mass is 464 g/mol. The van der Waals surface area contributed by atoms with Crippen molar-refractivity contribution in [3.05, 3.63) is 77.1 Å². The predicted octanol–water partition coefficient (Wildman–Crippen LogP) is 5.79. The number of benzene rings is 2. The summed E-state index contributed by atoms with van der Waals surface area (Å²) in [6.07, 6.45) is 0.0399. The first-order valence-electron chi connectivity index (χ1n) is 9.52. The van der Waals surface area contributed by atoms with Gasteiger partial charge in [-0.3, -0.25) is 14.5 Å². The number of nitrogens with zero attached hydrogens (tertiary/aromatic N) is 2. The molecule has 2 aromatic carbocycles. The number of anilines is 2. The van der Waals surface area contributed by atoms with Crippen LogP contribution in [0, 0.1) is 0 Å². The number of ether oxygens (including phenoxy) is 1. The number of carbonyl (C=O) groups is 2. The molecular weight excluding hydrogens is 448 g/mol. The molecule has 5 nitrogen and oxygen atoms in total. The van der Waals surface area contributed by atoms with Crippen molar-refractivity contribution in [3.8, 4) is 9.88 Å². The van der Waals surface area contributed by atoms with Crippen molar-refractivity contribution in [2.45, 2.75) is 16.2 Å². The number of thiophene rings is 1. The lowest BCUT2D eigenvalue weighted by molar-refractivity contribution is -0.147. The highest BCUT2D eigenvalue weighted by atomic mass is 32.2. The summed E-state index contributed by atoms with van der Waals surface area (Å²) >= 11 is 4.72. The number of amides is 1. The Bertz CT molecular complexity index is 1200. The second-order valence-electron chi connectivity index (χ2n) is 6.73. The Balaban J connectivity index is 1.27. The van der Waals surface area contributed by atoms with Gasteiger partial charge in [0.05, 0.1) is 28.4 Å². The topological polar surface area (TPSA) is 59.5 Å². The van der Waals surface area contributed by atoms with Crippen molar-refractivity contribution in [1.82, 2.24) is 4.98 Å². The number of rotatable bonds is 5. The van der Waals surface area contributed by atoms with Crippen LogP contribution in [-0.4, -0.2) is 23.5 Å². The highest BCUT2D eigenvalue weighted by molar-refractivity contribution is 7.99. The Morgan fingerprint density at radius 3 is 2.29 bits per heavy atom.